The van der Waals surface area contributed by atoms with Crippen molar-refractivity contribution in [2.24, 2.45) is 0 Å². The second kappa shape index (κ2) is 18.1. The minimum Gasteiger partial charge on any atom is -0.436 e. The van der Waals surface area contributed by atoms with E-state index in [2.05, 4.69) is 187 Å². The predicted octanol–water partition coefficient (Wildman–Crippen LogP) is 17.7. The van der Waals surface area contributed by atoms with Crippen LogP contribution in [0.4, 0.5) is 0 Å². The minimum atomic E-state index is 0.574. The Morgan fingerprint density at radius 1 is 0.260 bits per heavy atom. The summed E-state index contributed by atoms with van der Waals surface area (Å²) in [6.07, 6.45) is 0. The summed E-state index contributed by atoms with van der Waals surface area (Å²) in [5, 5.41) is 4.66. The van der Waals surface area contributed by atoms with Crippen LogP contribution in [0.15, 0.2) is 264 Å². The summed E-state index contributed by atoms with van der Waals surface area (Å²) in [5.41, 5.74) is 17.6. The lowest BCUT2D eigenvalue weighted by Crippen LogP contribution is -2.00. The summed E-state index contributed by atoms with van der Waals surface area (Å²) in [4.78, 5) is 25.1. The van der Waals surface area contributed by atoms with Crippen LogP contribution in [0.5, 0.6) is 0 Å². The molecule has 0 bridgehead atoms. The molecule has 8 heteroatoms. The molecule has 15 aromatic rings. The zero-order valence-corrected chi connectivity index (χ0v) is 41.2. The molecule has 0 radical (unpaired) electrons. The first-order valence-electron chi connectivity index (χ1n) is 25.6. The van der Waals surface area contributed by atoms with Crippen LogP contribution in [0, 0.1) is 0 Å². The first-order valence-corrected chi connectivity index (χ1v) is 25.6. The van der Waals surface area contributed by atoms with Gasteiger partial charge in [0.25, 0.3) is 0 Å². The fourth-order valence-corrected chi connectivity index (χ4v) is 10.6. The fraction of sp³-hybridized carbons (Fsp3) is 0. The second-order valence-corrected chi connectivity index (χ2v) is 19.3. The Balaban J connectivity index is 0.778. The number of benzene rings is 11. The molecular weight excluding hydrogens is 945 g/mol. The molecule has 0 aliphatic rings. The van der Waals surface area contributed by atoms with Gasteiger partial charge in [-0.2, -0.15) is 0 Å². The average molecular weight is 987 g/mol. The molecule has 0 aliphatic heterocycles. The molecule has 15 rings (SSSR count). The standard InChI is InChI=1S/C69H42N6O2/c1-4-12-47(13-5-1)68-70-59-41-53(33-36-63(59)76-68)43-20-24-45(25-21-43)65-72-66(46-26-22-44(23-27-46)54-34-37-64-60(42-54)71-69(77-64)48-14-6-2-7-15-48)74-67(73-65)55-31-30-49-38-50(28-29-51(49)39-55)52-32-35-62-58(40-52)57-18-10-11-19-61(57)75(62)56-16-8-3-9-17-56/h1-42H. The van der Waals surface area contributed by atoms with E-state index in [-0.39, 0.29) is 0 Å². The highest BCUT2D eigenvalue weighted by molar-refractivity contribution is 6.10. The van der Waals surface area contributed by atoms with E-state index in [0.29, 0.717) is 29.3 Å². The van der Waals surface area contributed by atoms with Gasteiger partial charge in [0.05, 0.1) is 11.0 Å². The van der Waals surface area contributed by atoms with E-state index < -0.39 is 0 Å². The highest BCUT2D eigenvalue weighted by atomic mass is 16.4. The van der Waals surface area contributed by atoms with Gasteiger partial charge in [0.1, 0.15) is 11.0 Å². The molecule has 0 saturated heterocycles. The Hall–Kier alpha value is -10.6. The van der Waals surface area contributed by atoms with Crippen LogP contribution in [-0.4, -0.2) is 29.5 Å². The van der Waals surface area contributed by atoms with Crippen molar-refractivity contribution in [2.45, 2.75) is 0 Å². The number of hydrogen-bond acceptors (Lipinski definition) is 7. The van der Waals surface area contributed by atoms with Crippen LogP contribution in [0.25, 0.3) is 151 Å². The molecule has 0 unspecified atom stereocenters. The van der Waals surface area contributed by atoms with Gasteiger partial charge in [0, 0.05) is 44.3 Å². The van der Waals surface area contributed by atoms with Gasteiger partial charge >= 0.3 is 0 Å². The molecule has 0 saturated carbocycles. The van der Waals surface area contributed by atoms with Crippen LogP contribution in [0.1, 0.15) is 0 Å². The van der Waals surface area contributed by atoms with Crippen molar-refractivity contribution in [1.82, 2.24) is 29.5 Å². The molecule has 8 nitrogen and oxygen atoms in total. The summed E-state index contributed by atoms with van der Waals surface area (Å²) in [5.74, 6) is 2.93. The molecule has 360 valence electrons. The Morgan fingerprint density at radius 2 is 0.662 bits per heavy atom. The molecule has 4 heterocycles. The molecule has 0 aliphatic carbocycles. The SMILES string of the molecule is c1ccc(-c2nc3cc(-c4ccc(-c5nc(-c6ccc(-c7ccc8oc(-c9ccccc9)nc8c7)cc6)nc(-c6ccc7cc(-c8ccc9c(c8)c8ccccc8n9-c8ccccc8)ccc7c6)n5)cc4)ccc3o2)cc1. The van der Waals surface area contributed by atoms with E-state index >= 15 is 0 Å². The van der Waals surface area contributed by atoms with Gasteiger partial charge in [-0.15, -0.1) is 0 Å². The van der Waals surface area contributed by atoms with E-state index in [1.807, 2.05) is 72.8 Å². The topological polar surface area (TPSA) is 95.7 Å². The molecule has 11 aromatic carbocycles. The lowest BCUT2D eigenvalue weighted by Gasteiger charge is -2.11. The highest BCUT2D eigenvalue weighted by Crippen LogP contribution is 2.38. The van der Waals surface area contributed by atoms with E-state index in [9.17, 15) is 0 Å². The summed E-state index contributed by atoms with van der Waals surface area (Å²) >= 11 is 0. The van der Waals surface area contributed by atoms with Crippen LogP contribution in [-0.2, 0) is 0 Å². The molecule has 77 heavy (non-hydrogen) atoms. The molecule has 4 aromatic heterocycles. The summed E-state index contributed by atoms with van der Waals surface area (Å²) in [7, 11) is 0. The van der Waals surface area contributed by atoms with E-state index in [4.69, 9.17) is 33.8 Å². The predicted molar refractivity (Wildman–Crippen MR) is 310 cm³/mol. The van der Waals surface area contributed by atoms with Crippen LogP contribution in [0.3, 0.4) is 0 Å². The Morgan fingerprint density at radius 3 is 1.23 bits per heavy atom. The van der Waals surface area contributed by atoms with Crippen molar-refractivity contribution in [3.63, 3.8) is 0 Å². The zero-order valence-electron chi connectivity index (χ0n) is 41.2. The summed E-state index contributed by atoms with van der Waals surface area (Å²) in [6.45, 7) is 0. The number of oxazole rings is 2. The maximum atomic E-state index is 6.12. The Bertz CT molecular complexity index is 4540. The highest BCUT2D eigenvalue weighted by Gasteiger charge is 2.18. The van der Waals surface area contributed by atoms with Crippen LogP contribution in [0.2, 0.25) is 0 Å². The van der Waals surface area contributed by atoms with Crippen molar-refractivity contribution in [1.29, 1.82) is 0 Å². The Labute approximate surface area is 441 Å². The third kappa shape index (κ3) is 8.00. The molecule has 0 N–H and O–H groups in total. The summed E-state index contributed by atoms with van der Waals surface area (Å²) in [6, 6.07) is 88.1. The van der Waals surface area contributed by atoms with Crippen molar-refractivity contribution in [2.75, 3.05) is 0 Å². The number of fused-ring (bicyclic) bond motifs is 6. The van der Waals surface area contributed by atoms with Crippen molar-refractivity contribution >= 4 is 54.8 Å². The molecule has 0 spiro atoms. The second-order valence-electron chi connectivity index (χ2n) is 19.3. The van der Waals surface area contributed by atoms with Crippen molar-refractivity contribution < 1.29 is 8.83 Å². The number of para-hydroxylation sites is 2. The molecule has 0 fully saturated rings. The molecule has 0 amide bonds. The van der Waals surface area contributed by atoms with Gasteiger partial charge in [0.15, 0.2) is 28.6 Å². The van der Waals surface area contributed by atoms with E-state index in [1.54, 1.807) is 0 Å². The van der Waals surface area contributed by atoms with Gasteiger partial charge in [0.2, 0.25) is 11.8 Å². The zero-order chi connectivity index (χ0) is 50.8. The van der Waals surface area contributed by atoms with Crippen LogP contribution < -0.4 is 0 Å². The van der Waals surface area contributed by atoms with Gasteiger partial charge in [-0.1, -0.05) is 164 Å². The number of hydrogen-bond donors (Lipinski definition) is 0. The van der Waals surface area contributed by atoms with Gasteiger partial charge in [-0.3, -0.25) is 0 Å². The Kier molecular flexibility index (Phi) is 10.3. The normalized spacial score (nSPS) is 11.6. The van der Waals surface area contributed by atoms with Crippen LogP contribution >= 0.6 is 0 Å². The largest absolute Gasteiger partial charge is 0.436 e. The van der Waals surface area contributed by atoms with E-state index in [0.717, 1.165) is 99.9 Å². The third-order valence-corrected chi connectivity index (χ3v) is 14.5. The van der Waals surface area contributed by atoms with E-state index in [1.165, 1.54) is 21.8 Å². The maximum Gasteiger partial charge on any atom is 0.227 e. The first-order chi connectivity index (χ1) is 38.1. The van der Waals surface area contributed by atoms with Crippen molar-refractivity contribution in [3.05, 3.63) is 255 Å². The lowest BCUT2D eigenvalue weighted by molar-refractivity contribution is 0.619. The number of rotatable bonds is 9. The average Bonchev–Trinajstić information content (AvgIpc) is 4.27. The van der Waals surface area contributed by atoms with Gasteiger partial charge in [-0.25, -0.2) is 24.9 Å². The fourth-order valence-electron chi connectivity index (χ4n) is 10.6. The first kappa shape index (κ1) is 44.0. The number of aromatic nitrogens is 6. The van der Waals surface area contributed by atoms with Crippen molar-refractivity contribution in [3.8, 4) is 96.1 Å². The summed E-state index contributed by atoms with van der Waals surface area (Å²) < 4.78 is 14.6. The van der Waals surface area contributed by atoms with Gasteiger partial charge in [-0.05, 0) is 135 Å². The minimum absolute atomic E-state index is 0.574. The third-order valence-electron chi connectivity index (χ3n) is 14.5. The maximum absolute atomic E-state index is 6.12. The molecule has 0 atom stereocenters. The molecular formula is C69H42N6O2. The number of nitrogens with zero attached hydrogens (tertiary/aromatic N) is 6. The monoisotopic (exact) mass is 986 g/mol. The lowest BCUT2D eigenvalue weighted by atomic mass is 9.98. The quantitative estimate of drug-likeness (QED) is 0.142. The smallest absolute Gasteiger partial charge is 0.227 e. The van der Waals surface area contributed by atoms with Gasteiger partial charge < -0.3 is 13.4 Å².